The van der Waals surface area contributed by atoms with Crippen LogP contribution >= 0.6 is 0 Å². The van der Waals surface area contributed by atoms with Gasteiger partial charge in [0.2, 0.25) is 0 Å². The van der Waals surface area contributed by atoms with Crippen molar-refractivity contribution in [1.82, 2.24) is 0 Å². The third-order valence-corrected chi connectivity index (χ3v) is 6.80. The Bertz CT molecular complexity index is 808. The van der Waals surface area contributed by atoms with Crippen LogP contribution in [0.2, 0.25) is 0 Å². The number of rotatable bonds is 7. The number of carboxylic acids is 1. The number of carboxylic acid groups (broad SMARTS) is 1. The predicted octanol–water partition coefficient (Wildman–Crippen LogP) is 5.44. The summed E-state index contributed by atoms with van der Waals surface area (Å²) in [5, 5.41) is 9.49. The van der Waals surface area contributed by atoms with E-state index in [2.05, 4.69) is 92.7 Å². The molecular formula is C26H30O2S. The van der Waals surface area contributed by atoms with Gasteiger partial charge in [-0.1, -0.05) is 69.7 Å². The highest BCUT2D eigenvalue weighted by atomic mass is 32.2. The van der Waals surface area contributed by atoms with Gasteiger partial charge in [-0.3, -0.25) is 0 Å². The van der Waals surface area contributed by atoms with E-state index in [0.717, 1.165) is 12.8 Å². The van der Waals surface area contributed by atoms with Crippen LogP contribution < -0.4 is 5.11 Å². The summed E-state index contributed by atoms with van der Waals surface area (Å²) < 4.78 is 0. The zero-order chi connectivity index (χ0) is 21.1. The Labute approximate surface area is 178 Å². The van der Waals surface area contributed by atoms with Crippen molar-refractivity contribution in [3.63, 3.8) is 0 Å². The lowest BCUT2D eigenvalue weighted by Crippen LogP contribution is -2.20. The van der Waals surface area contributed by atoms with Crippen molar-refractivity contribution >= 4 is 16.9 Å². The van der Waals surface area contributed by atoms with Crippen molar-refractivity contribution in [2.45, 2.75) is 61.1 Å². The molecule has 0 aliphatic rings. The van der Waals surface area contributed by atoms with Gasteiger partial charge in [-0.05, 0) is 66.8 Å². The van der Waals surface area contributed by atoms with Gasteiger partial charge in [-0.15, -0.1) is 0 Å². The predicted molar refractivity (Wildman–Crippen MR) is 120 cm³/mol. The molecule has 0 amide bonds. The van der Waals surface area contributed by atoms with Gasteiger partial charge >= 0.3 is 0 Å². The second-order valence-electron chi connectivity index (χ2n) is 6.74. The maximum atomic E-state index is 9.49. The van der Waals surface area contributed by atoms with Crippen LogP contribution in [0, 0.1) is 0 Å². The first-order chi connectivity index (χ1) is 14.1. The summed E-state index contributed by atoms with van der Waals surface area (Å²) in [7, 11) is -0.0351. The molecular weight excluding hydrogens is 376 g/mol. The maximum absolute atomic E-state index is 9.49. The first kappa shape index (κ1) is 22.8. The molecule has 0 atom stereocenters. The van der Waals surface area contributed by atoms with Crippen LogP contribution in [0.5, 0.6) is 0 Å². The van der Waals surface area contributed by atoms with E-state index in [4.69, 9.17) is 0 Å². The van der Waals surface area contributed by atoms with Gasteiger partial charge in [0.1, 0.15) is 0 Å². The molecule has 29 heavy (non-hydrogen) atoms. The van der Waals surface area contributed by atoms with E-state index in [1.807, 2.05) is 0 Å². The summed E-state index contributed by atoms with van der Waals surface area (Å²) >= 11 is 0. The number of hydrogen-bond donors (Lipinski definition) is 0. The van der Waals surface area contributed by atoms with Crippen molar-refractivity contribution in [3.8, 4) is 0 Å². The zero-order valence-corrected chi connectivity index (χ0v) is 18.4. The molecule has 0 fully saturated rings. The molecule has 0 saturated carbocycles. The highest BCUT2D eigenvalue weighted by Crippen LogP contribution is 2.31. The fourth-order valence-corrected chi connectivity index (χ4v) is 4.95. The third kappa shape index (κ3) is 7.10. The monoisotopic (exact) mass is 406 g/mol. The average molecular weight is 407 g/mol. The van der Waals surface area contributed by atoms with Crippen molar-refractivity contribution in [1.29, 1.82) is 0 Å². The summed E-state index contributed by atoms with van der Waals surface area (Å²) in [6, 6.07) is 29.1. The van der Waals surface area contributed by atoms with Crippen LogP contribution in [-0.2, 0) is 28.5 Å². The third-order valence-electron chi connectivity index (χ3n) is 4.57. The second kappa shape index (κ2) is 12.1. The molecule has 3 aromatic rings. The van der Waals surface area contributed by atoms with E-state index >= 15 is 0 Å². The van der Waals surface area contributed by atoms with Crippen LogP contribution in [0.1, 0.15) is 44.7 Å². The van der Waals surface area contributed by atoms with Crippen molar-refractivity contribution < 1.29 is 9.90 Å². The van der Waals surface area contributed by atoms with E-state index < -0.39 is 5.97 Å². The summed E-state index contributed by atoms with van der Waals surface area (Å²) in [6.07, 6.45) is 3.03. The first-order valence-electron chi connectivity index (χ1n) is 10.3. The number of aryl methyl sites for hydroxylation is 2. The van der Waals surface area contributed by atoms with Gasteiger partial charge in [-0.25, -0.2) is 0 Å². The van der Waals surface area contributed by atoms with Crippen LogP contribution in [0.25, 0.3) is 0 Å². The lowest BCUT2D eigenvalue weighted by molar-refractivity contribution is -0.305. The van der Waals surface area contributed by atoms with E-state index in [9.17, 15) is 9.90 Å². The highest BCUT2D eigenvalue weighted by Gasteiger charge is 2.28. The van der Waals surface area contributed by atoms with Crippen molar-refractivity contribution in [2.75, 3.05) is 0 Å². The molecule has 0 unspecified atom stereocenters. The Hall–Kier alpha value is -2.52. The minimum Gasteiger partial charge on any atom is -0.550 e. The van der Waals surface area contributed by atoms with Crippen LogP contribution in [0.3, 0.4) is 0 Å². The Morgan fingerprint density at radius 1 is 0.690 bits per heavy atom. The molecule has 0 saturated heterocycles. The minimum absolute atomic E-state index is 0.0351. The molecule has 3 heteroatoms. The lowest BCUT2D eigenvalue weighted by atomic mass is 10.2. The van der Waals surface area contributed by atoms with E-state index in [1.165, 1.54) is 25.8 Å². The number of carbonyl (C=O) groups excluding carboxylic acids is 1. The molecule has 0 spiro atoms. The van der Waals surface area contributed by atoms with Crippen molar-refractivity contribution in [2.24, 2.45) is 0 Å². The first-order valence-corrected chi connectivity index (χ1v) is 11.5. The van der Waals surface area contributed by atoms with Gasteiger partial charge in [0.25, 0.3) is 0 Å². The molecule has 3 rings (SSSR count). The quantitative estimate of drug-likeness (QED) is 0.490. The smallest absolute Gasteiger partial charge is 0.166 e. The molecule has 2 nitrogen and oxygen atoms in total. The second-order valence-corrected chi connectivity index (χ2v) is 8.76. The van der Waals surface area contributed by atoms with Crippen LogP contribution in [-0.4, -0.2) is 5.97 Å². The summed E-state index contributed by atoms with van der Waals surface area (Å²) in [5.74, 6) is -0.961. The topological polar surface area (TPSA) is 40.1 Å². The lowest BCUT2D eigenvalue weighted by Gasteiger charge is -2.09. The van der Waals surface area contributed by atoms with Gasteiger partial charge in [-0.2, -0.15) is 0 Å². The molecule has 0 radical (unpaired) electrons. The number of aliphatic carboxylic acids is 1. The molecule has 152 valence electrons. The Balaban J connectivity index is 0.000000438. The van der Waals surface area contributed by atoms with Gasteiger partial charge in [0.15, 0.2) is 14.7 Å². The number of carbonyl (C=O) groups is 1. The Morgan fingerprint density at radius 2 is 1.10 bits per heavy atom. The van der Waals surface area contributed by atoms with Crippen molar-refractivity contribution in [3.05, 3.63) is 90.0 Å². The van der Waals surface area contributed by atoms with E-state index in [1.54, 1.807) is 6.92 Å². The van der Waals surface area contributed by atoms with Crippen LogP contribution in [0.15, 0.2) is 93.5 Å². The summed E-state index contributed by atoms with van der Waals surface area (Å²) in [6.45, 7) is 6.21. The molecule has 0 N–H and O–H groups in total. The Kier molecular flexibility index (Phi) is 9.52. The zero-order valence-electron chi connectivity index (χ0n) is 17.6. The number of benzene rings is 3. The molecule has 0 aliphatic carbocycles. The molecule has 0 bridgehead atoms. The fourth-order valence-electron chi connectivity index (χ4n) is 2.89. The normalized spacial score (nSPS) is 10.3. The van der Waals surface area contributed by atoms with E-state index in [-0.39, 0.29) is 17.3 Å². The van der Waals surface area contributed by atoms with Gasteiger partial charge in [0, 0.05) is 5.97 Å². The average Bonchev–Trinajstić information content (AvgIpc) is 2.76. The van der Waals surface area contributed by atoms with Crippen LogP contribution in [0.4, 0.5) is 0 Å². The SMILES string of the molecule is CCCC(=O)[O-].CCc1ccc([S+](c2ccccc2)c2ccc(CC)cc2)cc1. The largest absolute Gasteiger partial charge is 0.550 e. The summed E-state index contributed by atoms with van der Waals surface area (Å²) in [4.78, 5) is 13.6. The molecule has 0 aromatic heterocycles. The minimum atomic E-state index is -0.961. The van der Waals surface area contributed by atoms with Gasteiger partial charge < -0.3 is 9.90 Å². The molecule has 0 aliphatic heterocycles. The standard InChI is InChI=1S/C22H23S.C4H8O2/c1-3-18-10-14-21(15-11-18)23(20-8-6-5-7-9-20)22-16-12-19(4-2)13-17-22;1-2-3-4(5)6/h5-17H,3-4H2,1-2H3;2-3H2,1H3,(H,5,6)/q+1;/p-1. The fraction of sp³-hybridized carbons (Fsp3) is 0.269. The Morgan fingerprint density at radius 3 is 1.41 bits per heavy atom. The molecule has 0 heterocycles. The highest BCUT2D eigenvalue weighted by molar-refractivity contribution is 7.97. The summed E-state index contributed by atoms with van der Waals surface area (Å²) in [5.41, 5.74) is 2.79. The van der Waals surface area contributed by atoms with Gasteiger partial charge in [0.05, 0.1) is 10.9 Å². The maximum Gasteiger partial charge on any atom is 0.166 e. The van der Waals surface area contributed by atoms with E-state index in [0.29, 0.717) is 6.42 Å². The number of hydrogen-bond acceptors (Lipinski definition) is 2. The molecule has 3 aromatic carbocycles.